The van der Waals surface area contributed by atoms with Gasteiger partial charge < -0.3 is 29.5 Å². The Hall–Kier alpha value is -5.03. The van der Waals surface area contributed by atoms with E-state index in [1.807, 2.05) is 6.08 Å². The van der Waals surface area contributed by atoms with Gasteiger partial charge in [-0.15, -0.1) is 5.10 Å². The number of piperazine rings is 1. The van der Waals surface area contributed by atoms with Crippen molar-refractivity contribution in [1.82, 2.24) is 24.1 Å². The Balaban J connectivity index is 1.51. The first-order valence-electron chi connectivity index (χ1n) is 15.6. The Morgan fingerprint density at radius 3 is 2.50 bits per heavy atom. The number of allylic oxidation sites excluding steroid dienone is 1. The Morgan fingerprint density at radius 2 is 1.92 bits per heavy atom. The molecular formula is C32H35ClF3N9O5. The molecule has 0 aliphatic carbocycles. The van der Waals surface area contributed by atoms with Gasteiger partial charge in [-0.1, -0.05) is 24.6 Å². The van der Waals surface area contributed by atoms with Crippen LogP contribution in [-0.2, 0) is 33.5 Å². The highest BCUT2D eigenvalue weighted by Crippen LogP contribution is 2.34. The van der Waals surface area contributed by atoms with Crippen molar-refractivity contribution < 1.29 is 32.6 Å². The van der Waals surface area contributed by atoms with Crippen molar-refractivity contribution in [3.63, 3.8) is 0 Å². The van der Waals surface area contributed by atoms with Crippen molar-refractivity contribution in [1.29, 1.82) is 0 Å². The van der Waals surface area contributed by atoms with E-state index in [0.29, 0.717) is 31.2 Å². The maximum absolute atomic E-state index is 14.2. The number of fused-ring (bicyclic) bond motifs is 1. The van der Waals surface area contributed by atoms with E-state index in [0.717, 1.165) is 28.3 Å². The molecule has 2 N–H and O–H groups in total. The number of aliphatic hydroxyl groups is 1. The SMILES string of the molecule is C=N/C(C(=O)N1CCN(c2c(CC)n(CC(=O)Nc3ccc(C(F)(F)F)cc3Cl)c3nc(C4=CCOCC4)nn3c2=O)CC1)=C(O)\C(C)=N/C. The first-order chi connectivity index (χ1) is 23.8. The van der Waals surface area contributed by atoms with E-state index in [4.69, 9.17) is 16.3 Å². The molecule has 1 fully saturated rings. The van der Waals surface area contributed by atoms with E-state index in [2.05, 4.69) is 32.1 Å². The van der Waals surface area contributed by atoms with Gasteiger partial charge in [0.2, 0.25) is 11.7 Å². The second-order valence-electron chi connectivity index (χ2n) is 11.4. The van der Waals surface area contributed by atoms with Crippen LogP contribution in [0.5, 0.6) is 0 Å². The number of carbonyl (C=O) groups is 2. The summed E-state index contributed by atoms with van der Waals surface area (Å²) in [6, 6.07) is 2.61. The van der Waals surface area contributed by atoms with Crippen molar-refractivity contribution in [3.05, 3.63) is 68.2 Å². The van der Waals surface area contributed by atoms with Crippen LogP contribution >= 0.6 is 11.6 Å². The summed E-state index contributed by atoms with van der Waals surface area (Å²) in [6.45, 7) is 7.91. The molecule has 2 aromatic heterocycles. The van der Waals surface area contributed by atoms with Crippen molar-refractivity contribution >= 4 is 58.6 Å². The molecule has 0 atom stereocenters. The highest BCUT2D eigenvalue weighted by molar-refractivity contribution is 6.33. The number of ether oxygens (including phenoxy) is 1. The molecule has 266 valence electrons. The van der Waals surface area contributed by atoms with Gasteiger partial charge >= 0.3 is 6.18 Å². The largest absolute Gasteiger partial charge is 0.504 e. The van der Waals surface area contributed by atoms with Crippen LogP contribution in [0.25, 0.3) is 11.4 Å². The quantitative estimate of drug-likeness (QED) is 0.192. The van der Waals surface area contributed by atoms with Crippen LogP contribution in [0.1, 0.15) is 37.4 Å². The molecule has 0 unspecified atom stereocenters. The van der Waals surface area contributed by atoms with E-state index < -0.39 is 29.1 Å². The van der Waals surface area contributed by atoms with Crippen LogP contribution in [0.3, 0.4) is 0 Å². The Morgan fingerprint density at radius 1 is 1.20 bits per heavy atom. The third-order valence-corrected chi connectivity index (χ3v) is 8.74. The van der Waals surface area contributed by atoms with Gasteiger partial charge in [0.05, 0.1) is 40.9 Å². The third-order valence-electron chi connectivity index (χ3n) is 8.43. The van der Waals surface area contributed by atoms with Crippen LogP contribution in [-0.4, -0.2) is 99.9 Å². The highest BCUT2D eigenvalue weighted by Gasteiger charge is 2.32. The van der Waals surface area contributed by atoms with E-state index in [1.165, 1.54) is 18.9 Å². The summed E-state index contributed by atoms with van der Waals surface area (Å²) in [6.07, 6.45) is -2.01. The summed E-state index contributed by atoms with van der Waals surface area (Å²) in [5.41, 5.74) is -0.0165. The number of nitrogens with one attached hydrogen (secondary N) is 1. The number of hydrogen-bond acceptors (Lipinski definition) is 10. The van der Waals surface area contributed by atoms with Crippen LogP contribution in [0.15, 0.2) is 50.5 Å². The summed E-state index contributed by atoms with van der Waals surface area (Å²) in [5.74, 6) is -1.18. The molecule has 5 rings (SSSR count). The number of aliphatic hydroxyl groups excluding tert-OH is 1. The van der Waals surface area contributed by atoms with E-state index in [9.17, 15) is 32.7 Å². The van der Waals surface area contributed by atoms with Crippen LogP contribution < -0.4 is 15.8 Å². The molecule has 1 aromatic carbocycles. The predicted molar refractivity (Wildman–Crippen MR) is 182 cm³/mol. The smallest absolute Gasteiger partial charge is 0.416 e. The summed E-state index contributed by atoms with van der Waals surface area (Å²) in [7, 11) is 1.47. The zero-order valence-electron chi connectivity index (χ0n) is 27.6. The zero-order chi connectivity index (χ0) is 36.3. The van der Waals surface area contributed by atoms with Gasteiger partial charge in [0.25, 0.3) is 11.5 Å². The number of benzene rings is 1. The normalized spacial score (nSPS) is 16.3. The van der Waals surface area contributed by atoms with E-state index >= 15 is 0 Å². The summed E-state index contributed by atoms with van der Waals surface area (Å²) >= 11 is 6.10. The standard InChI is InChI=1S/C32H35ClF3N9O5/c1-5-23-26(42-10-12-43(13-11-42)29(48)25(38-4)27(47)18(2)37-3)30(49)45-31(40-28(41-45)19-8-14-50-15-9-19)44(23)17-24(46)39-22-7-6-20(16-21(22)33)32(34,35)36/h6-8,16,47H,4-5,9-15,17H2,1-3H3,(H,39,46)/b27-25+,37-18-. The predicted octanol–water partition coefficient (Wildman–Crippen LogP) is 3.78. The maximum atomic E-state index is 14.2. The van der Waals surface area contributed by atoms with Gasteiger partial charge in [-0.05, 0) is 50.3 Å². The van der Waals surface area contributed by atoms with E-state index in [1.54, 1.807) is 16.4 Å². The lowest BCUT2D eigenvalue weighted by Crippen LogP contribution is -2.51. The molecule has 0 saturated carbocycles. The molecule has 2 amide bonds. The first kappa shape index (κ1) is 36.3. The number of amides is 2. The summed E-state index contributed by atoms with van der Waals surface area (Å²) in [4.78, 5) is 56.4. The molecule has 2 aliphatic heterocycles. The minimum absolute atomic E-state index is 0.0239. The third kappa shape index (κ3) is 7.28. The van der Waals surface area contributed by atoms with Gasteiger partial charge in [0.15, 0.2) is 17.3 Å². The topological polar surface area (TPSA) is 159 Å². The first-order valence-corrected chi connectivity index (χ1v) is 16.0. The Kier molecular flexibility index (Phi) is 10.8. The number of aromatic nitrogens is 4. The Labute approximate surface area is 289 Å². The van der Waals surface area contributed by atoms with Gasteiger partial charge in [0.1, 0.15) is 12.2 Å². The minimum Gasteiger partial charge on any atom is -0.504 e. The average Bonchev–Trinajstić information content (AvgIpc) is 3.56. The van der Waals surface area contributed by atoms with Gasteiger partial charge in [-0.2, -0.15) is 22.7 Å². The number of rotatable bonds is 9. The average molecular weight is 718 g/mol. The summed E-state index contributed by atoms with van der Waals surface area (Å²) < 4.78 is 47.6. The van der Waals surface area contributed by atoms with Crippen LogP contribution in [0.2, 0.25) is 5.02 Å². The molecule has 3 aromatic rings. The molecule has 0 bridgehead atoms. The van der Waals surface area contributed by atoms with Gasteiger partial charge in [-0.3, -0.25) is 24.4 Å². The number of halogens is 4. The lowest BCUT2D eigenvalue weighted by molar-refractivity contribution is -0.137. The van der Waals surface area contributed by atoms with Crippen molar-refractivity contribution in [3.8, 4) is 0 Å². The number of hydrogen-bond donors (Lipinski definition) is 2. The zero-order valence-corrected chi connectivity index (χ0v) is 28.3. The molecule has 0 radical (unpaired) electrons. The molecule has 2 aliphatic rings. The highest BCUT2D eigenvalue weighted by atomic mass is 35.5. The second-order valence-corrected chi connectivity index (χ2v) is 11.8. The number of anilines is 2. The van der Waals surface area contributed by atoms with Crippen LogP contribution in [0.4, 0.5) is 24.5 Å². The fourth-order valence-corrected chi connectivity index (χ4v) is 5.95. The molecule has 0 spiro atoms. The van der Waals surface area contributed by atoms with Gasteiger partial charge in [0, 0.05) is 33.2 Å². The monoisotopic (exact) mass is 717 g/mol. The fraction of sp³-hybridized carbons (Fsp3) is 0.406. The van der Waals surface area contributed by atoms with Crippen molar-refractivity contribution in [2.24, 2.45) is 9.98 Å². The van der Waals surface area contributed by atoms with Crippen molar-refractivity contribution in [2.75, 3.05) is 56.7 Å². The summed E-state index contributed by atoms with van der Waals surface area (Å²) in [5, 5.41) is 17.3. The van der Waals surface area contributed by atoms with Gasteiger partial charge in [-0.25, -0.2) is 0 Å². The Bertz CT molecular complexity index is 1990. The molecule has 4 heterocycles. The van der Waals surface area contributed by atoms with E-state index in [-0.39, 0.29) is 78.5 Å². The van der Waals surface area contributed by atoms with Crippen molar-refractivity contribution in [2.45, 2.75) is 39.4 Å². The van der Waals surface area contributed by atoms with Crippen LogP contribution in [0, 0.1) is 0 Å². The lowest BCUT2D eigenvalue weighted by atomic mass is 10.1. The maximum Gasteiger partial charge on any atom is 0.416 e. The number of aliphatic imine (C=N–C) groups is 2. The molecular weight excluding hydrogens is 683 g/mol. The molecule has 18 heteroatoms. The fourth-order valence-electron chi connectivity index (χ4n) is 5.73. The lowest BCUT2D eigenvalue weighted by Gasteiger charge is -2.36. The number of alkyl halides is 3. The number of carbonyl (C=O) groups excluding carboxylic acids is 2. The molecule has 50 heavy (non-hydrogen) atoms. The second kappa shape index (κ2) is 14.8. The molecule has 14 nitrogen and oxygen atoms in total. The number of nitrogens with zero attached hydrogens (tertiary/aromatic N) is 8. The minimum atomic E-state index is -4.61. The molecule has 1 saturated heterocycles.